The summed E-state index contributed by atoms with van der Waals surface area (Å²) in [5.41, 5.74) is 2.40. The highest BCUT2D eigenvalue weighted by Crippen LogP contribution is 2.19. The molecule has 0 saturated carbocycles. The lowest BCUT2D eigenvalue weighted by Gasteiger charge is -2.32. The molecule has 1 aromatic rings. The molecule has 1 aliphatic heterocycles. The predicted molar refractivity (Wildman–Crippen MR) is 112 cm³/mol. The molecule has 1 aromatic carbocycles. The van der Waals surface area contributed by atoms with Gasteiger partial charge in [-0.1, -0.05) is 38.1 Å². The van der Waals surface area contributed by atoms with Gasteiger partial charge >= 0.3 is 5.97 Å². The van der Waals surface area contributed by atoms with E-state index in [0.717, 1.165) is 18.4 Å². The zero-order valence-electron chi connectivity index (χ0n) is 18.1. The molecule has 2 rings (SSSR count). The highest BCUT2D eigenvalue weighted by molar-refractivity contribution is 5.85. The fourth-order valence-corrected chi connectivity index (χ4v) is 3.56. The van der Waals surface area contributed by atoms with E-state index in [9.17, 15) is 14.4 Å². The van der Waals surface area contributed by atoms with E-state index >= 15 is 0 Å². The maximum Gasteiger partial charge on any atom is 0.310 e. The number of aryl methyl sites for hydroxylation is 1. The van der Waals surface area contributed by atoms with Gasteiger partial charge in [0, 0.05) is 26.6 Å². The van der Waals surface area contributed by atoms with Crippen LogP contribution in [0.1, 0.15) is 57.1 Å². The molecular weight excluding hydrogens is 368 g/mol. The molecule has 1 aliphatic rings. The van der Waals surface area contributed by atoms with Gasteiger partial charge < -0.3 is 14.5 Å². The van der Waals surface area contributed by atoms with E-state index < -0.39 is 0 Å². The number of amides is 2. The van der Waals surface area contributed by atoms with Crippen LogP contribution < -0.4 is 0 Å². The predicted octanol–water partition coefficient (Wildman–Crippen LogP) is 3.00. The topological polar surface area (TPSA) is 66.9 Å². The average Bonchev–Trinajstić information content (AvgIpc) is 2.72. The van der Waals surface area contributed by atoms with Crippen LogP contribution in [-0.2, 0) is 25.5 Å². The van der Waals surface area contributed by atoms with Crippen LogP contribution in [-0.4, -0.2) is 60.9 Å². The molecular formula is C23H34N2O4. The Morgan fingerprint density at radius 2 is 1.90 bits per heavy atom. The Labute approximate surface area is 174 Å². The van der Waals surface area contributed by atoms with Crippen LogP contribution in [0.2, 0.25) is 0 Å². The molecule has 0 aliphatic carbocycles. The maximum atomic E-state index is 12.6. The normalized spacial score (nSPS) is 16.6. The Morgan fingerprint density at radius 1 is 1.21 bits per heavy atom. The number of carbonyl (C=O) groups is 3. The number of rotatable bonds is 8. The van der Waals surface area contributed by atoms with Gasteiger partial charge in [-0.05, 0) is 43.2 Å². The van der Waals surface area contributed by atoms with Gasteiger partial charge in [-0.15, -0.1) is 0 Å². The van der Waals surface area contributed by atoms with Crippen LogP contribution in [0.5, 0.6) is 0 Å². The Morgan fingerprint density at radius 3 is 2.52 bits per heavy atom. The summed E-state index contributed by atoms with van der Waals surface area (Å²) >= 11 is 0. The van der Waals surface area contributed by atoms with Gasteiger partial charge in [-0.25, -0.2) is 0 Å². The number of piperidine rings is 1. The van der Waals surface area contributed by atoms with E-state index in [2.05, 4.69) is 38.1 Å². The number of carbonyl (C=O) groups excluding carboxylic acids is 3. The van der Waals surface area contributed by atoms with Gasteiger partial charge in [0.2, 0.25) is 11.8 Å². The summed E-state index contributed by atoms with van der Waals surface area (Å²) in [6, 6.07) is 8.34. The first-order valence-corrected chi connectivity index (χ1v) is 10.6. The highest BCUT2D eigenvalue weighted by atomic mass is 16.5. The quantitative estimate of drug-likeness (QED) is 0.627. The molecule has 29 heavy (non-hydrogen) atoms. The van der Waals surface area contributed by atoms with Gasteiger partial charge in [-0.2, -0.15) is 0 Å². The van der Waals surface area contributed by atoms with Crippen molar-refractivity contribution >= 4 is 17.8 Å². The number of likely N-dealkylation sites (N-methyl/N-ethyl adjacent to an activating group) is 1. The zero-order valence-corrected chi connectivity index (χ0v) is 18.1. The molecule has 0 bridgehead atoms. The lowest BCUT2D eigenvalue weighted by molar-refractivity contribution is -0.152. The third kappa shape index (κ3) is 6.87. The second kappa shape index (κ2) is 11.0. The van der Waals surface area contributed by atoms with Crippen molar-refractivity contribution < 1.29 is 19.1 Å². The number of hydrogen-bond acceptors (Lipinski definition) is 4. The van der Waals surface area contributed by atoms with Crippen molar-refractivity contribution in [2.24, 2.45) is 5.92 Å². The van der Waals surface area contributed by atoms with Crippen molar-refractivity contribution in [2.45, 2.75) is 52.4 Å². The second-order valence-corrected chi connectivity index (χ2v) is 8.08. The minimum Gasteiger partial charge on any atom is -0.466 e. The highest BCUT2D eigenvalue weighted by Gasteiger charge is 2.30. The third-order valence-corrected chi connectivity index (χ3v) is 5.47. The van der Waals surface area contributed by atoms with E-state index in [4.69, 9.17) is 4.74 Å². The smallest absolute Gasteiger partial charge is 0.310 e. The van der Waals surface area contributed by atoms with Crippen molar-refractivity contribution in [3.05, 3.63) is 35.4 Å². The number of benzene rings is 1. The number of nitrogens with zero attached hydrogens (tertiary/aromatic N) is 2. The van der Waals surface area contributed by atoms with E-state index in [1.807, 2.05) is 0 Å². The fourth-order valence-electron chi connectivity index (χ4n) is 3.56. The molecule has 160 valence electrons. The van der Waals surface area contributed by atoms with Crippen molar-refractivity contribution in [1.82, 2.24) is 9.80 Å². The van der Waals surface area contributed by atoms with Gasteiger partial charge in [0.15, 0.2) is 0 Å². The molecule has 1 saturated heterocycles. The summed E-state index contributed by atoms with van der Waals surface area (Å²) < 4.78 is 5.08. The molecule has 1 unspecified atom stereocenters. The second-order valence-electron chi connectivity index (χ2n) is 8.08. The van der Waals surface area contributed by atoms with Crippen LogP contribution in [0.3, 0.4) is 0 Å². The molecule has 0 aromatic heterocycles. The van der Waals surface area contributed by atoms with Crippen molar-refractivity contribution in [1.29, 1.82) is 0 Å². The van der Waals surface area contributed by atoms with Gasteiger partial charge in [0.1, 0.15) is 0 Å². The molecule has 1 atom stereocenters. The first kappa shape index (κ1) is 22.9. The van der Waals surface area contributed by atoms with Crippen molar-refractivity contribution in [3.63, 3.8) is 0 Å². The van der Waals surface area contributed by atoms with E-state index in [1.54, 1.807) is 18.9 Å². The minimum absolute atomic E-state index is 0.0423. The fraction of sp³-hybridized carbons (Fsp3) is 0.609. The van der Waals surface area contributed by atoms with E-state index in [1.165, 1.54) is 10.5 Å². The van der Waals surface area contributed by atoms with Crippen LogP contribution in [0.25, 0.3) is 0 Å². The SMILES string of the molecule is CCOC(=O)C1CCCN(C(=O)CN(C)C(=O)CCc2ccc(C(C)C)cc2)C1. The zero-order chi connectivity index (χ0) is 21.4. The number of hydrogen-bond donors (Lipinski definition) is 0. The van der Waals surface area contributed by atoms with Gasteiger partial charge in [-0.3, -0.25) is 14.4 Å². The summed E-state index contributed by atoms with van der Waals surface area (Å²) in [6.45, 7) is 7.48. The first-order valence-electron chi connectivity index (χ1n) is 10.6. The maximum absolute atomic E-state index is 12.6. The van der Waals surface area contributed by atoms with Crippen LogP contribution >= 0.6 is 0 Å². The van der Waals surface area contributed by atoms with Crippen molar-refractivity contribution in [3.8, 4) is 0 Å². The Kier molecular flexibility index (Phi) is 8.68. The van der Waals surface area contributed by atoms with E-state index in [-0.39, 0.29) is 30.2 Å². The van der Waals surface area contributed by atoms with E-state index in [0.29, 0.717) is 38.5 Å². The third-order valence-electron chi connectivity index (χ3n) is 5.47. The number of likely N-dealkylation sites (tertiary alicyclic amines) is 1. The summed E-state index contributed by atoms with van der Waals surface area (Å²) in [6.07, 6.45) is 2.55. The van der Waals surface area contributed by atoms with Crippen LogP contribution in [0.15, 0.2) is 24.3 Å². The molecule has 6 heteroatoms. The van der Waals surface area contributed by atoms with Crippen molar-refractivity contribution in [2.75, 3.05) is 33.3 Å². The molecule has 1 fully saturated rings. The Bertz CT molecular complexity index is 699. The first-order chi connectivity index (χ1) is 13.8. The van der Waals surface area contributed by atoms with Crippen LogP contribution in [0.4, 0.5) is 0 Å². The average molecular weight is 403 g/mol. The molecule has 0 radical (unpaired) electrons. The summed E-state index contributed by atoms with van der Waals surface area (Å²) in [5, 5.41) is 0. The number of esters is 1. The van der Waals surface area contributed by atoms with Crippen LogP contribution in [0, 0.1) is 5.92 Å². The minimum atomic E-state index is -0.262. The standard InChI is InChI=1S/C23H34N2O4/c1-5-29-23(28)20-7-6-14-25(15-20)22(27)16-24(4)21(26)13-10-18-8-11-19(12-9-18)17(2)3/h8-9,11-12,17,20H,5-7,10,13-16H2,1-4H3. The van der Waals surface area contributed by atoms with Gasteiger partial charge in [0.25, 0.3) is 0 Å². The molecule has 1 heterocycles. The number of ether oxygens (including phenoxy) is 1. The molecule has 0 spiro atoms. The summed E-state index contributed by atoms with van der Waals surface area (Å²) in [7, 11) is 1.66. The largest absolute Gasteiger partial charge is 0.466 e. The molecule has 2 amide bonds. The lowest BCUT2D eigenvalue weighted by atomic mass is 9.98. The molecule has 0 N–H and O–H groups in total. The summed E-state index contributed by atoms with van der Waals surface area (Å²) in [5.74, 6) is -0.178. The molecule has 6 nitrogen and oxygen atoms in total. The Balaban J connectivity index is 1.80. The Hall–Kier alpha value is -2.37. The summed E-state index contributed by atoms with van der Waals surface area (Å²) in [4.78, 5) is 40.2. The monoisotopic (exact) mass is 402 g/mol. The lowest BCUT2D eigenvalue weighted by Crippen LogP contribution is -2.47. The van der Waals surface area contributed by atoms with Gasteiger partial charge in [0.05, 0.1) is 19.1 Å².